The first-order chi connectivity index (χ1) is 29.0. The molecule has 9 heteroatoms. The summed E-state index contributed by atoms with van der Waals surface area (Å²) < 4.78 is 23.1. The first kappa shape index (κ1) is 57.7. The minimum atomic E-state index is -4.59. The molecule has 0 saturated carbocycles. The molecule has 2 N–H and O–H groups in total. The Morgan fingerprint density at radius 2 is 1.02 bits per heavy atom. The predicted molar refractivity (Wildman–Crippen MR) is 256 cm³/mol. The van der Waals surface area contributed by atoms with Crippen molar-refractivity contribution in [3.8, 4) is 0 Å². The fourth-order valence-corrected chi connectivity index (χ4v) is 7.05. The molecule has 0 aliphatic carbocycles. The maximum atomic E-state index is 12.8. The van der Waals surface area contributed by atoms with E-state index in [1.165, 1.54) is 77.0 Å². The Bertz CT molecular complexity index is 1250. The quantitative estimate of drug-likeness (QED) is 0.0274. The third-order valence-electron chi connectivity index (χ3n) is 10.1. The molecule has 60 heavy (non-hydrogen) atoms. The molecule has 0 saturated heterocycles. The second-order valence-corrected chi connectivity index (χ2v) is 18.5. The van der Waals surface area contributed by atoms with Crippen molar-refractivity contribution < 1.29 is 32.9 Å². The summed E-state index contributed by atoms with van der Waals surface area (Å²) >= 11 is 0. The Labute approximate surface area is 369 Å². The summed E-state index contributed by atoms with van der Waals surface area (Å²) in [4.78, 5) is 25.3. The van der Waals surface area contributed by atoms with Gasteiger partial charge in [0.1, 0.15) is 13.2 Å². The maximum Gasteiger partial charge on any atom is 0.268 e. The molecule has 0 rings (SSSR count). The highest BCUT2D eigenvalue weighted by atomic mass is 31.2. The van der Waals surface area contributed by atoms with Gasteiger partial charge in [0.05, 0.1) is 39.9 Å². The van der Waals surface area contributed by atoms with Gasteiger partial charge in [-0.2, -0.15) is 0 Å². The number of quaternary nitrogens is 1. The number of amides is 1. The van der Waals surface area contributed by atoms with Crippen LogP contribution in [0.4, 0.5) is 0 Å². The smallest absolute Gasteiger partial charge is 0.268 e. The average molecular weight is 859 g/mol. The lowest BCUT2D eigenvalue weighted by atomic mass is 10.0. The lowest BCUT2D eigenvalue weighted by Gasteiger charge is -2.29. The molecule has 0 spiro atoms. The van der Waals surface area contributed by atoms with E-state index >= 15 is 0 Å². The zero-order valence-electron chi connectivity index (χ0n) is 39.1. The molecule has 0 heterocycles. The van der Waals surface area contributed by atoms with Crippen molar-refractivity contribution in [3.63, 3.8) is 0 Å². The van der Waals surface area contributed by atoms with Crippen LogP contribution in [0.1, 0.15) is 181 Å². The van der Waals surface area contributed by atoms with Gasteiger partial charge < -0.3 is 28.8 Å². The SMILES string of the molecule is CC/C=C\C/C=C\C/C=C\C/C=C\C/C=C\C/C=C\CCCCCCCCCCCCC(=O)NC(COP(=O)([O-])OCC[N+](C)(C)C)C(O)/C=C/CCCCCCCCC. The Morgan fingerprint density at radius 1 is 0.600 bits per heavy atom. The number of nitrogens with zero attached hydrogens (tertiary/aromatic N) is 1. The van der Waals surface area contributed by atoms with Gasteiger partial charge in [0.25, 0.3) is 7.82 Å². The molecule has 0 fully saturated rings. The Kier molecular flexibility index (Phi) is 40.4. The van der Waals surface area contributed by atoms with E-state index in [4.69, 9.17) is 9.05 Å². The van der Waals surface area contributed by atoms with Crippen molar-refractivity contribution in [1.82, 2.24) is 5.32 Å². The first-order valence-corrected chi connectivity index (χ1v) is 25.4. The lowest BCUT2D eigenvalue weighted by molar-refractivity contribution is -0.870. The van der Waals surface area contributed by atoms with Crippen LogP contribution in [0.3, 0.4) is 0 Å². The number of likely N-dealkylation sites (N-methyl/N-ethyl adjacent to an activating group) is 1. The van der Waals surface area contributed by atoms with E-state index in [9.17, 15) is 19.4 Å². The number of phosphoric acid groups is 1. The van der Waals surface area contributed by atoms with E-state index in [2.05, 4.69) is 92.1 Å². The fourth-order valence-electron chi connectivity index (χ4n) is 6.33. The zero-order chi connectivity index (χ0) is 44.3. The van der Waals surface area contributed by atoms with Crippen LogP contribution in [-0.2, 0) is 18.4 Å². The van der Waals surface area contributed by atoms with Gasteiger partial charge in [-0.3, -0.25) is 9.36 Å². The van der Waals surface area contributed by atoms with Crippen molar-refractivity contribution in [1.29, 1.82) is 0 Å². The van der Waals surface area contributed by atoms with E-state index in [0.717, 1.165) is 83.5 Å². The monoisotopic (exact) mass is 859 g/mol. The molecule has 0 aromatic rings. The Hall–Kier alpha value is -2.32. The van der Waals surface area contributed by atoms with Gasteiger partial charge in [0.15, 0.2) is 0 Å². The summed E-state index contributed by atoms with van der Waals surface area (Å²) in [6.45, 7) is 4.47. The molecule has 3 unspecified atom stereocenters. The highest BCUT2D eigenvalue weighted by molar-refractivity contribution is 7.45. The first-order valence-electron chi connectivity index (χ1n) is 23.9. The van der Waals surface area contributed by atoms with Gasteiger partial charge in [0.2, 0.25) is 5.91 Å². The highest BCUT2D eigenvalue weighted by Crippen LogP contribution is 2.38. The molecule has 8 nitrogen and oxygen atoms in total. The summed E-state index contributed by atoms with van der Waals surface area (Å²) in [5.74, 6) is -0.209. The van der Waals surface area contributed by atoms with Gasteiger partial charge in [-0.05, 0) is 70.6 Å². The molecule has 1 amide bonds. The van der Waals surface area contributed by atoms with Crippen LogP contribution in [-0.4, -0.2) is 68.5 Å². The van der Waals surface area contributed by atoms with Crippen molar-refractivity contribution in [2.45, 2.75) is 193 Å². The van der Waals surface area contributed by atoms with Crippen LogP contribution in [0.25, 0.3) is 0 Å². The van der Waals surface area contributed by atoms with Crippen molar-refractivity contribution in [2.75, 3.05) is 40.9 Å². The zero-order valence-corrected chi connectivity index (χ0v) is 40.0. The molecule has 0 aromatic carbocycles. The molecule has 0 aliphatic heterocycles. The second-order valence-electron chi connectivity index (χ2n) is 17.1. The second kappa shape index (κ2) is 42.0. The van der Waals surface area contributed by atoms with E-state index in [-0.39, 0.29) is 19.1 Å². The van der Waals surface area contributed by atoms with Gasteiger partial charge in [0, 0.05) is 6.42 Å². The standard InChI is InChI=1S/C51H91N2O6P/c1-6-8-10-12-14-16-17-18-19-20-21-22-23-24-25-26-27-28-29-30-31-32-33-34-35-37-39-41-43-45-51(55)52-49(48-59-60(56,57)58-47-46-53(3,4)5)50(54)44-42-40-38-36-15-13-11-9-7-2/h8,10,14,16,18-19,21-22,24-25,27-28,42,44,49-50,54H,6-7,9,11-13,15,17,20,23,26,29-41,43,45-48H2,1-5H3,(H-,52,55,56,57)/b10-8-,16-14-,19-18-,22-21-,25-24-,28-27-,44-42+. The van der Waals surface area contributed by atoms with Gasteiger partial charge in [-0.15, -0.1) is 0 Å². The molecular formula is C51H91N2O6P. The lowest BCUT2D eigenvalue weighted by Crippen LogP contribution is -2.45. The molecule has 0 aromatic heterocycles. The summed E-state index contributed by atoms with van der Waals surface area (Å²) in [5.41, 5.74) is 0. The van der Waals surface area contributed by atoms with Gasteiger partial charge in [-0.1, -0.05) is 189 Å². The van der Waals surface area contributed by atoms with Crippen LogP contribution in [0.15, 0.2) is 85.1 Å². The Balaban J connectivity index is 4.16. The summed E-state index contributed by atoms with van der Waals surface area (Å²) in [6.07, 6.45) is 57.9. The number of aliphatic hydroxyl groups is 1. The molecule has 346 valence electrons. The number of carbonyl (C=O) groups is 1. The number of aliphatic hydroxyl groups excluding tert-OH is 1. The topological polar surface area (TPSA) is 108 Å². The summed E-state index contributed by atoms with van der Waals surface area (Å²) in [7, 11) is 1.24. The summed E-state index contributed by atoms with van der Waals surface area (Å²) in [5, 5.41) is 13.7. The number of phosphoric ester groups is 1. The third kappa shape index (κ3) is 43.8. The number of unbranched alkanes of at least 4 members (excludes halogenated alkanes) is 17. The van der Waals surface area contributed by atoms with Crippen LogP contribution in [0.2, 0.25) is 0 Å². The summed E-state index contributed by atoms with van der Waals surface area (Å²) in [6, 6.07) is -0.891. The van der Waals surface area contributed by atoms with Crippen LogP contribution in [0, 0.1) is 0 Å². The predicted octanol–water partition coefficient (Wildman–Crippen LogP) is 13.1. The average Bonchev–Trinajstić information content (AvgIpc) is 3.20. The van der Waals surface area contributed by atoms with Crippen LogP contribution in [0.5, 0.6) is 0 Å². The minimum Gasteiger partial charge on any atom is -0.756 e. The fraction of sp³-hybridized carbons (Fsp3) is 0.706. The van der Waals surface area contributed by atoms with E-state index < -0.39 is 20.0 Å². The van der Waals surface area contributed by atoms with Gasteiger partial charge >= 0.3 is 0 Å². The number of hydrogen-bond acceptors (Lipinski definition) is 6. The number of allylic oxidation sites excluding steroid dienone is 13. The normalized spacial score (nSPS) is 15.0. The maximum absolute atomic E-state index is 12.8. The van der Waals surface area contributed by atoms with Gasteiger partial charge in [-0.25, -0.2) is 0 Å². The third-order valence-corrected chi connectivity index (χ3v) is 11.1. The van der Waals surface area contributed by atoms with Crippen LogP contribution < -0.4 is 10.2 Å². The van der Waals surface area contributed by atoms with E-state index in [1.807, 2.05) is 27.2 Å². The number of carbonyl (C=O) groups excluding carboxylic acids is 1. The van der Waals surface area contributed by atoms with Crippen molar-refractivity contribution in [2.24, 2.45) is 0 Å². The number of hydrogen-bond donors (Lipinski definition) is 2. The van der Waals surface area contributed by atoms with E-state index in [1.54, 1.807) is 6.08 Å². The molecule has 0 aliphatic rings. The van der Waals surface area contributed by atoms with Crippen molar-refractivity contribution >= 4 is 13.7 Å². The molecular weight excluding hydrogens is 768 g/mol. The molecule has 0 bridgehead atoms. The van der Waals surface area contributed by atoms with E-state index in [0.29, 0.717) is 17.4 Å². The minimum absolute atomic E-state index is 0.00602. The number of nitrogens with one attached hydrogen (secondary N) is 1. The van der Waals surface area contributed by atoms with Crippen molar-refractivity contribution in [3.05, 3.63) is 85.1 Å². The van der Waals surface area contributed by atoms with Crippen LogP contribution >= 0.6 is 7.82 Å². The Morgan fingerprint density at radius 3 is 1.48 bits per heavy atom. The highest BCUT2D eigenvalue weighted by Gasteiger charge is 2.23. The molecule has 3 atom stereocenters. The largest absolute Gasteiger partial charge is 0.756 e. The molecule has 0 radical (unpaired) electrons. The number of rotatable bonds is 42.